The number of fused-ring (bicyclic) bond motifs is 1. The number of rotatable bonds is 3. The van der Waals surface area contributed by atoms with E-state index in [9.17, 15) is 0 Å². The largest absolute Gasteiger partial charge is 0.366 e. The van der Waals surface area contributed by atoms with E-state index in [4.69, 9.17) is 0 Å². The van der Waals surface area contributed by atoms with Gasteiger partial charge in [-0.1, -0.05) is 41.7 Å². The second-order valence-corrected chi connectivity index (χ2v) is 5.66. The van der Waals surface area contributed by atoms with Gasteiger partial charge in [-0.25, -0.2) is 9.97 Å². The number of aryl methyl sites for hydroxylation is 1. The molecule has 3 aromatic rings. The minimum atomic E-state index is 0.214. The van der Waals surface area contributed by atoms with E-state index < -0.39 is 0 Å². The Morgan fingerprint density at radius 3 is 2.65 bits per heavy atom. The Hall–Kier alpha value is -2.86. The Bertz CT molecular complexity index is 852. The van der Waals surface area contributed by atoms with Gasteiger partial charge in [0.2, 0.25) is 0 Å². The first-order valence-corrected chi connectivity index (χ1v) is 7.74. The lowest BCUT2D eigenvalue weighted by atomic mass is 10.1. The molecule has 0 saturated heterocycles. The zero-order valence-corrected chi connectivity index (χ0v) is 13.4. The van der Waals surface area contributed by atoms with Crippen LogP contribution in [0.5, 0.6) is 0 Å². The first-order valence-electron chi connectivity index (χ1n) is 7.74. The highest BCUT2D eigenvalue weighted by Crippen LogP contribution is 2.19. The molecule has 3 nitrogen and oxygen atoms in total. The van der Waals surface area contributed by atoms with Gasteiger partial charge in [0, 0.05) is 23.4 Å². The van der Waals surface area contributed by atoms with Gasteiger partial charge in [-0.05, 0) is 38.1 Å². The smallest absolute Gasteiger partial charge is 0.137 e. The van der Waals surface area contributed by atoms with Crippen LogP contribution in [-0.2, 0) is 0 Å². The highest BCUT2D eigenvalue weighted by molar-refractivity contribution is 5.88. The Kier molecular flexibility index (Phi) is 4.54. The number of hydrogen-bond acceptors (Lipinski definition) is 3. The Balaban J connectivity index is 1.67. The van der Waals surface area contributed by atoms with Crippen LogP contribution in [0.3, 0.4) is 0 Å². The van der Waals surface area contributed by atoms with Crippen LogP contribution in [0.4, 0.5) is 5.82 Å². The second-order valence-electron chi connectivity index (χ2n) is 5.66. The van der Waals surface area contributed by atoms with Crippen molar-refractivity contribution in [2.45, 2.75) is 26.3 Å². The van der Waals surface area contributed by atoms with Crippen molar-refractivity contribution in [1.82, 2.24) is 9.97 Å². The summed E-state index contributed by atoms with van der Waals surface area (Å²) in [6, 6.07) is 16.5. The minimum absolute atomic E-state index is 0.214. The SMILES string of the molecule is Cc1ccc(C#CCC(C)Nc2ncnc3ccccc23)cc1. The van der Waals surface area contributed by atoms with Gasteiger partial charge in [0.1, 0.15) is 12.1 Å². The molecule has 0 aliphatic carbocycles. The molecule has 1 heterocycles. The lowest BCUT2D eigenvalue weighted by Gasteiger charge is -2.13. The zero-order valence-electron chi connectivity index (χ0n) is 13.4. The molecule has 2 aromatic carbocycles. The molecule has 0 spiro atoms. The van der Waals surface area contributed by atoms with Gasteiger partial charge in [-0.3, -0.25) is 0 Å². The van der Waals surface area contributed by atoms with Gasteiger partial charge in [-0.2, -0.15) is 0 Å². The number of benzene rings is 2. The van der Waals surface area contributed by atoms with Crippen LogP contribution in [-0.4, -0.2) is 16.0 Å². The van der Waals surface area contributed by atoms with Gasteiger partial charge in [0.05, 0.1) is 5.52 Å². The van der Waals surface area contributed by atoms with E-state index in [1.54, 1.807) is 6.33 Å². The summed E-state index contributed by atoms with van der Waals surface area (Å²) < 4.78 is 0. The van der Waals surface area contributed by atoms with Crippen molar-refractivity contribution >= 4 is 16.7 Å². The fourth-order valence-electron chi connectivity index (χ4n) is 2.35. The number of nitrogens with zero attached hydrogens (tertiary/aromatic N) is 2. The molecule has 0 saturated carbocycles. The zero-order chi connectivity index (χ0) is 16.1. The molecule has 1 unspecified atom stereocenters. The maximum atomic E-state index is 4.35. The first-order chi connectivity index (χ1) is 11.2. The van der Waals surface area contributed by atoms with E-state index in [2.05, 4.69) is 65.2 Å². The summed E-state index contributed by atoms with van der Waals surface area (Å²) in [5.74, 6) is 7.30. The third kappa shape index (κ3) is 3.87. The minimum Gasteiger partial charge on any atom is -0.366 e. The lowest BCUT2D eigenvalue weighted by molar-refractivity contribution is 0.822. The summed E-state index contributed by atoms with van der Waals surface area (Å²) >= 11 is 0. The molecular formula is C20H19N3. The standard InChI is InChI=1S/C20H19N3/c1-15-10-12-17(13-11-15)7-5-6-16(2)23-20-18-8-3-4-9-19(18)21-14-22-20/h3-4,8-14,16H,6H2,1-2H3,(H,21,22,23). The summed E-state index contributed by atoms with van der Waals surface area (Å²) in [4.78, 5) is 8.63. The van der Waals surface area contributed by atoms with Crippen LogP contribution in [0.2, 0.25) is 0 Å². The van der Waals surface area contributed by atoms with Gasteiger partial charge in [0.15, 0.2) is 0 Å². The number of nitrogens with one attached hydrogen (secondary N) is 1. The van der Waals surface area contributed by atoms with Gasteiger partial charge in [0.25, 0.3) is 0 Å². The summed E-state index contributed by atoms with van der Waals surface area (Å²) in [6.07, 6.45) is 2.35. The van der Waals surface area contributed by atoms with Gasteiger partial charge in [-0.15, -0.1) is 0 Å². The van der Waals surface area contributed by atoms with Crippen molar-refractivity contribution in [3.8, 4) is 11.8 Å². The molecule has 0 aliphatic heterocycles. The highest BCUT2D eigenvalue weighted by Gasteiger charge is 2.05. The van der Waals surface area contributed by atoms with Gasteiger partial charge < -0.3 is 5.32 Å². The Labute approximate surface area is 136 Å². The molecular weight excluding hydrogens is 282 g/mol. The molecule has 0 bridgehead atoms. The van der Waals surface area contributed by atoms with E-state index in [0.717, 1.165) is 28.7 Å². The molecule has 0 aliphatic rings. The van der Waals surface area contributed by atoms with Crippen LogP contribution < -0.4 is 5.32 Å². The number of anilines is 1. The third-order valence-electron chi connectivity index (χ3n) is 3.62. The molecule has 23 heavy (non-hydrogen) atoms. The molecule has 1 atom stereocenters. The van der Waals surface area contributed by atoms with Crippen molar-refractivity contribution < 1.29 is 0 Å². The third-order valence-corrected chi connectivity index (χ3v) is 3.62. The van der Waals surface area contributed by atoms with Crippen molar-refractivity contribution in [1.29, 1.82) is 0 Å². The predicted molar refractivity (Wildman–Crippen MR) is 95.3 cm³/mol. The van der Waals surface area contributed by atoms with Crippen LogP contribution in [0, 0.1) is 18.8 Å². The number of para-hydroxylation sites is 1. The lowest BCUT2D eigenvalue weighted by Crippen LogP contribution is -2.15. The molecule has 0 radical (unpaired) electrons. The maximum absolute atomic E-state index is 4.35. The molecule has 1 N–H and O–H groups in total. The molecule has 1 aromatic heterocycles. The monoisotopic (exact) mass is 301 g/mol. The van der Waals surface area contributed by atoms with E-state index in [1.807, 2.05) is 24.3 Å². The number of hydrogen-bond donors (Lipinski definition) is 1. The fraction of sp³-hybridized carbons (Fsp3) is 0.200. The average Bonchev–Trinajstić information content (AvgIpc) is 2.57. The van der Waals surface area contributed by atoms with Crippen LogP contribution in [0.1, 0.15) is 24.5 Å². The van der Waals surface area contributed by atoms with Crippen LogP contribution in [0.25, 0.3) is 10.9 Å². The van der Waals surface area contributed by atoms with Crippen LogP contribution in [0.15, 0.2) is 54.9 Å². The second kappa shape index (κ2) is 6.93. The maximum Gasteiger partial charge on any atom is 0.137 e. The highest BCUT2D eigenvalue weighted by atomic mass is 15.0. The Morgan fingerprint density at radius 2 is 1.83 bits per heavy atom. The topological polar surface area (TPSA) is 37.8 Å². The molecule has 0 fully saturated rings. The predicted octanol–water partition coefficient (Wildman–Crippen LogP) is 4.18. The summed E-state index contributed by atoms with van der Waals surface area (Å²) in [5.41, 5.74) is 3.25. The van der Waals surface area contributed by atoms with E-state index >= 15 is 0 Å². The van der Waals surface area contributed by atoms with Crippen LogP contribution >= 0.6 is 0 Å². The average molecular weight is 301 g/mol. The Morgan fingerprint density at radius 1 is 1.04 bits per heavy atom. The molecule has 3 rings (SSSR count). The van der Waals surface area contributed by atoms with Crippen molar-refractivity contribution in [2.24, 2.45) is 0 Å². The summed E-state index contributed by atoms with van der Waals surface area (Å²) in [7, 11) is 0. The quantitative estimate of drug-likeness (QED) is 0.737. The fourth-order valence-corrected chi connectivity index (χ4v) is 2.35. The van der Waals surface area contributed by atoms with Crippen molar-refractivity contribution in [3.63, 3.8) is 0 Å². The van der Waals surface area contributed by atoms with Gasteiger partial charge >= 0.3 is 0 Å². The first kappa shape index (κ1) is 15.1. The molecule has 0 amide bonds. The van der Waals surface area contributed by atoms with Crippen molar-refractivity contribution in [3.05, 3.63) is 66.0 Å². The molecule has 114 valence electrons. The van der Waals surface area contributed by atoms with E-state index in [0.29, 0.717) is 0 Å². The summed E-state index contributed by atoms with van der Waals surface area (Å²) in [6.45, 7) is 4.19. The number of aromatic nitrogens is 2. The normalized spacial score (nSPS) is 11.6. The van der Waals surface area contributed by atoms with E-state index in [-0.39, 0.29) is 6.04 Å². The summed E-state index contributed by atoms with van der Waals surface area (Å²) in [5, 5.41) is 4.46. The van der Waals surface area contributed by atoms with E-state index in [1.165, 1.54) is 5.56 Å². The molecule has 3 heteroatoms. The van der Waals surface area contributed by atoms with Crippen molar-refractivity contribution in [2.75, 3.05) is 5.32 Å².